The van der Waals surface area contributed by atoms with E-state index in [9.17, 15) is 9.59 Å². The molecule has 0 bridgehead atoms. The maximum absolute atomic E-state index is 11.8. The lowest BCUT2D eigenvalue weighted by Gasteiger charge is -2.32. The SMILES string of the molecule is CC(C)(C)OC(=O)NC1CCN(Cc2ccccc2)CC1.CC(C)(C)OC(=O)NC1CCNCC1. The van der Waals surface area contributed by atoms with Crippen LogP contribution in [0.25, 0.3) is 0 Å². The lowest BCUT2D eigenvalue weighted by atomic mass is 10.0. The number of rotatable bonds is 4. The van der Waals surface area contributed by atoms with Crippen LogP contribution in [0.15, 0.2) is 30.3 Å². The first-order valence-corrected chi connectivity index (χ1v) is 12.9. The van der Waals surface area contributed by atoms with Crippen molar-refractivity contribution in [2.24, 2.45) is 0 Å². The molecule has 0 radical (unpaired) electrons. The first-order chi connectivity index (χ1) is 16.4. The Bertz CT molecular complexity index is 760. The standard InChI is InChI=1S/C17H26N2O2.C10H20N2O2/c1-17(2,3)21-16(20)18-15-9-11-19(12-10-15)13-14-7-5-4-6-8-14;1-10(2,3)14-9(13)12-8-4-6-11-7-5-8/h4-8,15H,9-13H2,1-3H3,(H,18,20);8,11H,4-7H2,1-3H3,(H,12,13). The third kappa shape index (κ3) is 13.4. The molecule has 0 unspecified atom stereocenters. The number of hydrogen-bond acceptors (Lipinski definition) is 6. The van der Waals surface area contributed by atoms with E-state index in [4.69, 9.17) is 9.47 Å². The molecule has 198 valence electrons. The van der Waals surface area contributed by atoms with E-state index < -0.39 is 11.2 Å². The summed E-state index contributed by atoms with van der Waals surface area (Å²) in [7, 11) is 0. The number of hydrogen-bond donors (Lipinski definition) is 3. The molecule has 8 heteroatoms. The van der Waals surface area contributed by atoms with Gasteiger partial charge in [-0.15, -0.1) is 0 Å². The highest BCUT2D eigenvalue weighted by Gasteiger charge is 2.23. The van der Waals surface area contributed by atoms with Gasteiger partial charge in [-0.3, -0.25) is 4.90 Å². The van der Waals surface area contributed by atoms with Crippen LogP contribution >= 0.6 is 0 Å². The summed E-state index contributed by atoms with van der Waals surface area (Å²) in [6.45, 7) is 16.2. The molecular formula is C27H46N4O4. The fourth-order valence-corrected chi connectivity index (χ4v) is 3.99. The Morgan fingerprint density at radius 2 is 1.29 bits per heavy atom. The van der Waals surface area contributed by atoms with Gasteiger partial charge >= 0.3 is 12.2 Å². The molecule has 0 spiro atoms. The van der Waals surface area contributed by atoms with Gasteiger partial charge in [0.1, 0.15) is 11.2 Å². The van der Waals surface area contributed by atoms with Crippen LogP contribution in [0.1, 0.15) is 72.8 Å². The van der Waals surface area contributed by atoms with E-state index in [0.717, 1.165) is 58.4 Å². The molecule has 2 fully saturated rings. The van der Waals surface area contributed by atoms with Gasteiger partial charge in [-0.2, -0.15) is 0 Å². The van der Waals surface area contributed by atoms with Gasteiger partial charge in [-0.25, -0.2) is 9.59 Å². The number of amides is 2. The second-order valence-electron chi connectivity index (χ2n) is 11.4. The minimum atomic E-state index is -0.432. The van der Waals surface area contributed by atoms with E-state index in [1.807, 2.05) is 47.6 Å². The maximum Gasteiger partial charge on any atom is 0.407 e. The number of ether oxygens (including phenoxy) is 2. The molecule has 2 saturated heterocycles. The summed E-state index contributed by atoms with van der Waals surface area (Å²) < 4.78 is 10.5. The molecule has 3 rings (SSSR count). The summed E-state index contributed by atoms with van der Waals surface area (Å²) >= 11 is 0. The van der Waals surface area contributed by atoms with Crippen LogP contribution < -0.4 is 16.0 Å². The van der Waals surface area contributed by atoms with Crippen molar-refractivity contribution in [1.29, 1.82) is 0 Å². The highest BCUT2D eigenvalue weighted by atomic mass is 16.6. The van der Waals surface area contributed by atoms with Crippen molar-refractivity contribution < 1.29 is 19.1 Å². The van der Waals surface area contributed by atoms with Crippen molar-refractivity contribution in [2.75, 3.05) is 26.2 Å². The third-order valence-corrected chi connectivity index (χ3v) is 5.62. The smallest absolute Gasteiger partial charge is 0.407 e. The average molecular weight is 491 g/mol. The van der Waals surface area contributed by atoms with Crippen molar-refractivity contribution in [2.45, 2.75) is 97.1 Å². The van der Waals surface area contributed by atoms with Gasteiger partial charge in [0.25, 0.3) is 0 Å². The summed E-state index contributed by atoms with van der Waals surface area (Å²) in [6.07, 6.45) is 3.32. The number of carbonyl (C=O) groups is 2. The second kappa shape index (κ2) is 13.7. The van der Waals surface area contributed by atoms with Crippen molar-refractivity contribution in [3.05, 3.63) is 35.9 Å². The minimum Gasteiger partial charge on any atom is -0.444 e. The molecule has 8 nitrogen and oxygen atoms in total. The largest absolute Gasteiger partial charge is 0.444 e. The zero-order valence-corrected chi connectivity index (χ0v) is 22.5. The van der Waals surface area contributed by atoms with Crippen molar-refractivity contribution in [3.63, 3.8) is 0 Å². The first kappa shape index (κ1) is 28.9. The number of nitrogens with one attached hydrogen (secondary N) is 3. The minimum absolute atomic E-state index is 0.229. The molecular weight excluding hydrogens is 444 g/mol. The van der Waals surface area contributed by atoms with Gasteiger partial charge in [0.05, 0.1) is 0 Å². The zero-order chi connectivity index (χ0) is 25.9. The molecule has 2 aliphatic heterocycles. The van der Waals surface area contributed by atoms with Gasteiger partial charge < -0.3 is 25.4 Å². The fourth-order valence-electron chi connectivity index (χ4n) is 3.99. The van der Waals surface area contributed by atoms with Crippen molar-refractivity contribution in [1.82, 2.24) is 20.9 Å². The Kier molecular flexibility index (Phi) is 11.3. The van der Waals surface area contributed by atoms with Crippen LogP contribution in [0.5, 0.6) is 0 Å². The molecule has 3 N–H and O–H groups in total. The summed E-state index contributed by atoms with van der Waals surface area (Å²) in [6, 6.07) is 11.0. The Hall–Kier alpha value is -2.32. The summed E-state index contributed by atoms with van der Waals surface area (Å²) in [4.78, 5) is 25.6. The maximum atomic E-state index is 11.8. The predicted octanol–water partition coefficient (Wildman–Crippen LogP) is 4.44. The number of carbonyl (C=O) groups excluding carboxylic acids is 2. The van der Waals surface area contributed by atoms with Crippen LogP contribution in [-0.4, -0.2) is 66.6 Å². The van der Waals surface area contributed by atoms with Gasteiger partial charge in [0.15, 0.2) is 0 Å². The molecule has 0 aliphatic carbocycles. The Labute approximate surface area is 211 Å². The molecule has 0 aromatic heterocycles. The summed E-state index contributed by atoms with van der Waals surface area (Å²) in [5.41, 5.74) is 0.505. The highest BCUT2D eigenvalue weighted by molar-refractivity contribution is 5.68. The number of benzene rings is 1. The molecule has 1 aromatic carbocycles. The fraction of sp³-hybridized carbons (Fsp3) is 0.704. The van der Waals surface area contributed by atoms with Crippen LogP contribution in [0, 0.1) is 0 Å². The lowest BCUT2D eigenvalue weighted by molar-refractivity contribution is 0.0471. The number of nitrogens with zero attached hydrogens (tertiary/aromatic N) is 1. The molecule has 2 heterocycles. The predicted molar refractivity (Wildman–Crippen MR) is 139 cm³/mol. The third-order valence-electron chi connectivity index (χ3n) is 5.62. The second-order valence-corrected chi connectivity index (χ2v) is 11.4. The zero-order valence-electron chi connectivity index (χ0n) is 22.5. The monoisotopic (exact) mass is 490 g/mol. The number of piperidine rings is 2. The van der Waals surface area contributed by atoms with E-state index in [1.165, 1.54) is 5.56 Å². The molecule has 0 atom stereocenters. The summed E-state index contributed by atoms with van der Waals surface area (Å²) in [5, 5.41) is 9.09. The van der Waals surface area contributed by atoms with Crippen molar-refractivity contribution in [3.8, 4) is 0 Å². The van der Waals surface area contributed by atoms with Crippen molar-refractivity contribution >= 4 is 12.2 Å². The Morgan fingerprint density at radius 3 is 1.74 bits per heavy atom. The van der Waals surface area contributed by atoms with Gasteiger partial charge in [-0.1, -0.05) is 30.3 Å². The molecule has 35 heavy (non-hydrogen) atoms. The van der Waals surface area contributed by atoms with E-state index >= 15 is 0 Å². The number of likely N-dealkylation sites (tertiary alicyclic amines) is 1. The lowest BCUT2D eigenvalue weighted by Crippen LogP contribution is -2.45. The molecule has 1 aromatic rings. The first-order valence-electron chi connectivity index (χ1n) is 12.9. The van der Waals surface area contributed by atoms with E-state index in [1.54, 1.807) is 0 Å². The van der Waals surface area contributed by atoms with E-state index in [2.05, 4.69) is 45.1 Å². The van der Waals surface area contributed by atoms with E-state index in [0.29, 0.717) is 0 Å². The topological polar surface area (TPSA) is 91.9 Å². The van der Waals surface area contributed by atoms with Gasteiger partial charge in [0.2, 0.25) is 0 Å². The normalized spacial score (nSPS) is 18.1. The Morgan fingerprint density at radius 1 is 0.829 bits per heavy atom. The summed E-state index contributed by atoms with van der Waals surface area (Å²) in [5.74, 6) is 0. The quantitative estimate of drug-likeness (QED) is 0.578. The Balaban J connectivity index is 0.000000269. The number of alkyl carbamates (subject to hydrolysis) is 2. The van der Waals surface area contributed by atoms with E-state index in [-0.39, 0.29) is 24.3 Å². The highest BCUT2D eigenvalue weighted by Crippen LogP contribution is 2.15. The van der Waals surface area contributed by atoms with Crippen LogP contribution in [0.2, 0.25) is 0 Å². The van der Waals surface area contributed by atoms with Gasteiger partial charge in [0, 0.05) is 31.7 Å². The van der Waals surface area contributed by atoms with Crippen LogP contribution in [0.3, 0.4) is 0 Å². The van der Waals surface area contributed by atoms with Crippen LogP contribution in [0.4, 0.5) is 9.59 Å². The molecule has 2 amide bonds. The van der Waals surface area contributed by atoms with Crippen LogP contribution in [-0.2, 0) is 16.0 Å². The van der Waals surface area contributed by atoms with Gasteiger partial charge in [-0.05, 0) is 85.9 Å². The average Bonchev–Trinajstić information content (AvgIpc) is 2.74. The molecule has 0 saturated carbocycles. The molecule has 2 aliphatic rings.